The monoisotopic (exact) mass is 288 g/mol. The molecule has 0 spiro atoms. The molecule has 0 saturated carbocycles. The second kappa shape index (κ2) is 4.41. The van der Waals surface area contributed by atoms with Gasteiger partial charge in [0.25, 0.3) is 0 Å². The van der Waals surface area contributed by atoms with Crippen molar-refractivity contribution in [3.05, 3.63) is 39.5 Å². The summed E-state index contributed by atoms with van der Waals surface area (Å²) in [5.41, 5.74) is 1.78. The minimum Gasteiger partial charge on any atom is -0.481 e. The average molecular weight is 288 g/mol. The molecule has 68 valence electrons. The predicted octanol–water partition coefficient (Wildman–Crippen LogP) is 2.56. The van der Waals surface area contributed by atoms with Gasteiger partial charge in [0, 0.05) is 3.57 Å². The van der Waals surface area contributed by atoms with Crippen LogP contribution in [0.5, 0.6) is 0 Å². The minimum atomic E-state index is -0.808. The fourth-order valence-electron chi connectivity index (χ4n) is 1.07. The number of hydrogen-bond donors (Lipinski definition) is 1. The number of aliphatic carboxylic acids is 1. The van der Waals surface area contributed by atoms with Crippen LogP contribution < -0.4 is 0 Å². The van der Waals surface area contributed by atoms with Crippen molar-refractivity contribution in [2.45, 2.75) is 6.42 Å². The zero-order valence-electron chi connectivity index (χ0n) is 6.96. The van der Waals surface area contributed by atoms with E-state index in [1.807, 2.05) is 18.2 Å². The van der Waals surface area contributed by atoms with Crippen LogP contribution in [0.1, 0.15) is 11.1 Å². The Bertz CT molecular complexity index is 345. The van der Waals surface area contributed by atoms with Crippen LogP contribution in [0.2, 0.25) is 0 Å². The first-order chi connectivity index (χ1) is 6.11. The van der Waals surface area contributed by atoms with Crippen LogP contribution in [0.4, 0.5) is 0 Å². The van der Waals surface area contributed by atoms with Gasteiger partial charge in [0.15, 0.2) is 0 Å². The van der Waals surface area contributed by atoms with Crippen molar-refractivity contribution in [3.63, 3.8) is 0 Å². The van der Waals surface area contributed by atoms with Gasteiger partial charge in [0.1, 0.15) is 0 Å². The molecule has 0 bridgehead atoms. The molecule has 0 aliphatic carbocycles. The molecule has 1 rings (SSSR count). The summed E-state index contributed by atoms with van der Waals surface area (Å²) in [5, 5.41) is 8.59. The zero-order valence-corrected chi connectivity index (χ0v) is 9.11. The molecule has 0 aliphatic rings. The average Bonchev–Trinajstić information content (AvgIpc) is 2.01. The van der Waals surface area contributed by atoms with E-state index in [4.69, 9.17) is 5.11 Å². The zero-order chi connectivity index (χ0) is 9.84. The van der Waals surface area contributed by atoms with Crippen LogP contribution in [0, 0.1) is 3.57 Å². The standard InChI is InChI=1S/C10H9IO2/c1-2-7-3-8(6-10(12)13)5-9(11)4-7/h2-5H,1,6H2,(H,12,13). The molecule has 13 heavy (non-hydrogen) atoms. The van der Waals surface area contributed by atoms with Crippen molar-refractivity contribution in [1.29, 1.82) is 0 Å². The smallest absolute Gasteiger partial charge is 0.307 e. The lowest BCUT2D eigenvalue weighted by Crippen LogP contribution is -2.00. The Morgan fingerprint density at radius 3 is 2.77 bits per heavy atom. The Kier molecular flexibility index (Phi) is 3.48. The Morgan fingerprint density at radius 2 is 2.23 bits per heavy atom. The molecule has 0 radical (unpaired) electrons. The largest absolute Gasteiger partial charge is 0.481 e. The predicted molar refractivity (Wildman–Crippen MR) is 60.6 cm³/mol. The van der Waals surface area contributed by atoms with Crippen LogP contribution in [0.15, 0.2) is 24.8 Å². The van der Waals surface area contributed by atoms with E-state index in [-0.39, 0.29) is 6.42 Å². The summed E-state index contributed by atoms with van der Waals surface area (Å²) in [5.74, 6) is -0.808. The van der Waals surface area contributed by atoms with E-state index < -0.39 is 5.97 Å². The van der Waals surface area contributed by atoms with Gasteiger partial charge < -0.3 is 5.11 Å². The van der Waals surface area contributed by atoms with E-state index >= 15 is 0 Å². The van der Waals surface area contributed by atoms with Crippen molar-refractivity contribution in [2.75, 3.05) is 0 Å². The van der Waals surface area contributed by atoms with E-state index in [0.29, 0.717) is 0 Å². The summed E-state index contributed by atoms with van der Waals surface area (Å²) >= 11 is 2.16. The molecular weight excluding hydrogens is 279 g/mol. The lowest BCUT2D eigenvalue weighted by Gasteiger charge is -2.00. The Hall–Kier alpha value is -0.840. The molecule has 3 heteroatoms. The highest BCUT2D eigenvalue weighted by atomic mass is 127. The highest BCUT2D eigenvalue weighted by Gasteiger charge is 2.02. The SMILES string of the molecule is C=Cc1cc(I)cc(CC(=O)O)c1. The number of hydrogen-bond acceptors (Lipinski definition) is 1. The van der Waals surface area contributed by atoms with Gasteiger partial charge in [-0.1, -0.05) is 18.7 Å². The summed E-state index contributed by atoms with van der Waals surface area (Å²) in [6, 6.07) is 5.66. The van der Waals surface area contributed by atoms with Gasteiger partial charge in [-0.25, -0.2) is 0 Å². The van der Waals surface area contributed by atoms with Gasteiger partial charge in [-0.15, -0.1) is 0 Å². The van der Waals surface area contributed by atoms with Gasteiger partial charge in [-0.2, -0.15) is 0 Å². The number of carboxylic acid groups (broad SMARTS) is 1. The van der Waals surface area contributed by atoms with Crippen molar-refractivity contribution < 1.29 is 9.90 Å². The molecular formula is C10H9IO2. The Morgan fingerprint density at radius 1 is 1.54 bits per heavy atom. The highest BCUT2D eigenvalue weighted by molar-refractivity contribution is 14.1. The van der Waals surface area contributed by atoms with Crippen molar-refractivity contribution in [3.8, 4) is 0 Å². The van der Waals surface area contributed by atoms with E-state index in [9.17, 15) is 4.79 Å². The first kappa shape index (κ1) is 10.2. The van der Waals surface area contributed by atoms with Crippen molar-refractivity contribution in [2.24, 2.45) is 0 Å². The summed E-state index contributed by atoms with van der Waals surface area (Å²) in [6.45, 7) is 3.64. The Balaban J connectivity index is 3.01. The number of rotatable bonds is 3. The normalized spacial score (nSPS) is 9.62. The fraction of sp³-hybridized carbons (Fsp3) is 0.100. The molecule has 2 nitrogen and oxygen atoms in total. The van der Waals surface area contributed by atoms with Crippen LogP contribution >= 0.6 is 22.6 Å². The van der Waals surface area contributed by atoms with E-state index in [1.165, 1.54) is 0 Å². The highest BCUT2D eigenvalue weighted by Crippen LogP contribution is 2.13. The van der Waals surface area contributed by atoms with Crippen molar-refractivity contribution >= 4 is 34.6 Å². The lowest BCUT2D eigenvalue weighted by molar-refractivity contribution is -0.136. The maximum atomic E-state index is 10.5. The van der Waals surface area contributed by atoms with Gasteiger partial charge >= 0.3 is 5.97 Å². The van der Waals surface area contributed by atoms with Crippen LogP contribution in [-0.2, 0) is 11.2 Å². The number of halogens is 1. The van der Waals surface area contributed by atoms with Gasteiger partial charge in [-0.05, 0) is 45.9 Å². The molecule has 0 amide bonds. The van der Waals surface area contributed by atoms with Crippen LogP contribution in [0.3, 0.4) is 0 Å². The van der Waals surface area contributed by atoms with Crippen molar-refractivity contribution in [1.82, 2.24) is 0 Å². The molecule has 0 unspecified atom stereocenters. The van der Waals surface area contributed by atoms with Gasteiger partial charge in [-0.3, -0.25) is 4.79 Å². The number of benzene rings is 1. The maximum absolute atomic E-state index is 10.5. The summed E-state index contributed by atoms with van der Waals surface area (Å²) < 4.78 is 1.03. The summed E-state index contributed by atoms with van der Waals surface area (Å²) in [4.78, 5) is 10.5. The Labute approximate surface area is 90.4 Å². The van der Waals surface area contributed by atoms with E-state index in [2.05, 4.69) is 29.2 Å². The number of carboxylic acids is 1. The van der Waals surface area contributed by atoms with Crippen LogP contribution in [-0.4, -0.2) is 11.1 Å². The van der Waals surface area contributed by atoms with E-state index in [1.54, 1.807) is 6.08 Å². The van der Waals surface area contributed by atoms with Crippen LogP contribution in [0.25, 0.3) is 6.08 Å². The molecule has 0 saturated heterocycles. The molecule has 0 aromatic heterocycles. The third kappa shape index (κ3) is 3.18. The topological polar surface area (TPSA) is 37.3 Å². The molecule has 0 heterocycles. The summed E-state index contributed by atoms with van der Waals surface area (Å²) in [6.07, 6.45) is 1.78. The number of carbonyl (C=O) groups is 1. The second-order valence-electron chi connectivity index (χ2n) is 2.67. The lowest BCUT2D eigenvalue weighted by atomic mass is 10.1. The fourth-order valence-corrected chi connectivity index (χ4v) is 1.83. The molecule has 1 N–H and O–H groups in total. The molecule has 1 aromatic carbocycles. The quantitative estimate of drug-likeness (QED) is 0.868. The first-order valence-corrected chi connectivity index (χ1v) is 4.83. The minimum absolute atomic E-state index is 0.0671. The maximum Gasteiger partial charge on any atom is 0.307 e. The van der Waals surface area contributed by atoms with E-state index in [0.717, 1.165) is 14.7 Å². The molecule has 0 atom stereocenters. The third-order valence-electron chi connectivity index (χ3n) is 1.57. The molecule has 1 aromatic rings. The first-order valence-electron chi connectivity index (χ1n) is 3.75. The molecule has 0 aliphatic heterocycles. The molecule has 0 fully saturated rings. The second-order valence-corrected chi connectivity index (χ2v) is 3.91. The van der Waals surface area contributed by atoms with Gasteiger partial charge in [0.05, 0.1) is 6.42 Å². The van der Waals surface area contributed by atoms with Gasteiger partial charge in [0.2, 0.25) is 0 Å². The third-order valence-corrected chi connectivity index (χ3v) is 2.19. The summed E-state index contributed by atoms with van der Waals surface area (Å²) in [7, 11) is 0.